The predicted octanol–water partition coefficient (Wildman–Crippen LogP) is 2.84. The minimum atomic E-state index is -3.56. The van der Waals surface area contributed by atoms with Crippen molar-refractivity contribution in [3.8, 4) is 0 Å². The highest BCUT2D eigenvalue weighted by Gasteiger charge is 2.17. The molecule has 0 spiro atoms. The molecule has 24 heavy (non-hydrogen) atoms. The van der Waals surface area contributed by atoms with Gasteiger partial charge in [-0.05, 0) is 64.8 Å². The summed E-state index contributed by atoms with van der Waals surface area (Å²) >= 11 is 0. The largest absolute Gasteiger partial charge is 0.481 e. The van der Waals surface area contributed by atoms with E-state index in [4.69, 9.17) is 5.11 Å². The van der Waals surface area contributed by atoms with Crippen LogP contribution in [0.25, 0.3) is 0 Å². The summed E-state index contributed by atoms with van der Waals surface area (Å²) in [4.78, 5) is 12.9. The summed E-state index contributed by atoms with van der Waals surface area (Å²) in [6, 6.07) is 7.48. The molecule has 0 saturated carbocycles. The van der Waals surface area contributed by atoms with Gasteiger partial charge in [0.1, 0.15) is 0 Å². The zero-order valence-corrected chi connectivity index (χ0v) is 15.6. The van der Waals surface area contributed by atoms with E-state index in [1.54, 1.807) is 12.1 Å². The summed E-state index contributed by atoms with van der Waals surface area (Å²) in [5.41, 5.74) is 0.986. The SMILES string of the molecule is CC(C)N(c1ccc(S(=O)(=O)NCCCCC(=O)O)cc1)C(C)C. The van der Waals surface area contributed by atoms with Crippen molar-refractivity contribution < 1.29 is 18.3 Å². The summed E-state index contributed by atoms with van der Waals surface area (Å²) in [5, 5.41) is 8.56. The number of carbonyl (C=O) groups is 1. The Labute approximate surface area is 144 Å². The van der Waals surface area contributed by atoms with E-state index in [9.17, 15) is 13.2 Å². The van der Waals surface area contributed by atoms with Crippen molar-refractivity contribution in [2.75, 3.05) is 11.4 Å². The number of carboxylic acids is 1. The highest BCUT2D eigenvalue weighted by molar-refractivity contribution is 7.89. The van der Waals surface area contributed by atoms with Crippen LogP contribution in [0.1, 0.15) is 47.0 Å². The fraction of sp³-hybridized carbons (Fsp3) is 0.588. The minimum Gasteiger partial charge on any atom is -0.481 e. The third-order valence-electron chi connectivity index (χ3n) is 3.67. The summed E-state index contributed by atoms with van der Waals surface area (Å²) in [5.74, 6) is -0.867. The van der Waals surface area contributed by atoms with Gasteiger partial charge in [0, 0.05) is 30.7 Å². The normalized spacial score (nSPS) is 11.9. The molecule has 136 valence electrons. The van der Waals surface area contributed by atoms with E-state index in [2.05, 4.69) is 37.3 Å². The smallest absolute Gasteiger partial charge is 0.303 e. The molecule has 1 rings (SSSR count). The average molecular weight is 356 g/mol. The van der Waals surface area contributed by atoms with Crippen LogP contribution in [-0.2, 0) is 14.8 Å². The van der Waals surface area contributed by atoms with Gasteiger partial charge in [0.15, 0.2) is 0 Å². The molecule has 0 atom stereocenters. The molecule has 0 aliphatic rings. The van der Waals surface area contributed by atoms with Gasteiger partial charge in [0.25, 0.3) is 0 Å². The van der Waals surface area contributed by atoms with Crippen molar-refractivity contribution in [2.24, 2.45) is 0 Å². The van der Waals surface area contributed by atoms with Gasteiger partial charge in [-0.3, -0.25) is 4.79 Å². The Morgan fingerprint density at radius 2 is 1.62 bits per heavy atom. The van der Waals surface area contributed by atoms with Crippen LogP contribution in [-0.4, -0.2) is 38.1 Å². The molecule has 0 aliphatic carbocycles. The zero-order chi connectivity index (χ0) is 18.3. The van der Waals surface area contributed by atoms with E-state index >= 15 is 0 Å². The van der Waals surface area contributed by atoms with Crippen molar-refractivity contribution in [3.05, 3.63) is 24.3 Å². The molecule has 0 radical (unpaired) electrons. The van der Waals surface area contributed by atoms with Crippen LogP contribution >= 0.6 is 0 Å². The van der Waals surface area contributed by atoms with Crippen LogP contribution in [0.2, 0.25) is 0 Å². The standard InChI is InChI=1S/C17H28N2O4S/c1-13(2)19(14(3)4)15-8-10-16(11-9-15)24(22,23)18-12-6-5-7-17(20)21/h8-11,13-14,18H,5-7,12H2,1-4H3,(H,20,21). The molecule has 0 aliphatic heterocycles. The predicted molar refractivity (Wildman–Crippen MR) is 95.9 cm³/mol. The summed E-state index contributed by atoms with van der Waals surface area (Å²) < 4.78 is 27.0. The summed E-state index contributed by atoms with van der Waals surface area (Å²) in [6.07, 6.45) is 1.00. The molecule has 0 saturated heterocycles. The first-order chi connectivity index (χ1) is 11.1. The lowest BCUT2D eigenvalue weighted by Gasteiger charge is -2.33. The number of nitrogens with zero attached hydrogens (tertiary/aromatic N) is 1. The number of carboxylic acid groups (broad SMARTS) is 1. The Kier molecular flexibility index (Phi) is 7.69. The second-order valence-corrected chi connectivity index (χ2v) is 8.10. The molecule has 0 bridgehead atoms. The van der Waals surface area contributed by atoms with Crippen LogP contribution in [0, 0.1) is 0 Å². The van der Waals surface area contributed by atoms with E-state index in [0.29, 0.717) is 24.9 Å². The first kappa shape index (κ1) is 20.4. The maximum absolute atomic E-state index is 12.2. The molecule has 0 unspecified atom stereocenters. The van der Waals surface area contributed by atoms with Crippen molar-refractivity contribution >= 4 is 21.7 Å². The monoisotopic (exact) mass is 356 g/mol. The third kappa shape index (κ3) is 6.13. The Morgan fingerprint density at radius 1 is 1.08 bits per heavy atom. The molecule has 2 N–H and O–H groups in total. The number of unbranched alkanes of at least 4 members (excludes halogenated alkanes) is 1. The van der Waals surface area contributed by atoms with Crippen LogP contribution < -0.4 is 9.62 Å². The Hall–Kier alpha value is -1.60. The molecule has 0 fully saturated rings. The molecule has 0 heterocycles. The van der Waals surface area contributed by atoms with Gasteiger partial charge in [0.05, 0.1) is 4.90 Å². The average Bonchev–Trinajstić information content (AvgIpc) is 2.46. The summed E-state index contributed by atoms with van der Waals surface area (Å²) in [6.45, 7) is 8.64. The van der Waals surface area contributed by atoms with Crippen LogP contribution in [0.3, 0.4) is 0 Å². The van der Waals surface area contributed by atoms with Gasteiger partial charge in [0.2, 0.25) is 10.0 Å². The lowest BCUT2D eigenvalue weighted by Crippen LogP contribution is -2.37. The highest BCUT2D eigenvalue weighted by Crippen LogP contribution is 2.22. The van der Waals surface area contributed by atoms with Crippen molar-refractivity contribution in [2.45, 2.75) is 63.9 Å². The van der Waals surface area contributed by atoms with Gasteiger partial charge in [-0.2, -0.15) is 0 Å². The Morgan fingerprint density at radius 3 is 2.08 bits per heavy atom. The number of hydrogen-bond acceptors (Lipinski definition) is 4. The maximum atomic E-state index is 12.2. The first-order valence-corrected chi connectivity index (χ1v) is 9.73. The quantitative estimate of drug-likeness (QED) is 0.630. The van der Waals surface area contributed by atoms with Crippen molar-refractivity contribution in [1.29, 1.82) is 0 Å². The lowest BCUT2D eigenvalue weighted by molar-refractivity contribution is -0.137. The van der Waals surface area contributed by atoms with Gasteiger partial charge in [-0.15, -0.1) is 0 Å². The van der Waals surface area contributed by atoms with E-state index in [0.717, 1.165) is 5.69 Å². The number of sulfonamides is 1. The van der Waals surface area contributed by atoms with Gasteiger partial charge in [-0.25, -0.2) is 13.1 Å². The number of rotatable bonds is 10. The van der Waals surface area contributed by atoms with Crippen molar-refractivity contribution in [3.63, 3.8) is 0 Å². The second-order valence-electron chi connectivity index (χ2n) is 6.34. The highest BCUT2D eigenvalue weighted by atomic mass is 32.2. The molecule has 0 amide bonds. The van der Waals surface area contributed by atoms with Gasteiger partial charge in [-0.1, -0.05) is 0 Å². The van der Waals surface area contributed by atoms with Crippen molar-refractivity contribution in [1.82, 2.24) is 4.72 Å². The molecule has 0 aromatic heterocycles. The zero-order valence-electron chi connectivity index (χ0n) is 14.8. The number of hydrogen-bond donors (Lipinski definition) is 2. The molecular formula is C17H28N2O4S. The number of anilines is 1. The second kappa shape index (κ2) is 9.03. The van der Waals surface area contributed by atoms with E-state index in [-0.39, 0.29) is 17.9 Å². The molecule has 6 nitrogen and oxygen atoms in total. The topological polar surface area (TPSA) is 86.7 Å². The van der Waals surface area contributed by atoms with Crippen LogP contribution in [0.4, 0.5) is 5.69 Å². The fourth-order valence-electron chi connectivity index (χ4n) is 2.68. The Bertz CT molecular complexity index is 616. The first-order valence-electron chi connectivity index (χ1n) is 8.25. The van der Waals surface area contributed by atoms with Crippen LogP contribution in [0.5, 0.6) is 0 Å². The van der Waals surface area contributed by atoms with Gasteiger partial charge < -0.3 is 10.0 Å². The van der Waals surface area contributed by atoms with E-state index < -0.39 is 16.0 Å². The molecular weight excluding hydrogens is 328 g/mol. The van der Waals surface area contributed by atoms with E-state index in [1.165, 1.54) is 0 Å². The fourth-order valence-corrected chi connectivity index (χ4v) is 3.76. The third-order valence-corrected chi connectivity index (χ3v) is 5.14. The lowest BCUT2D eigenvalue weighted by atomic mass is 10.2. The number of benzene rings is 1. The molecule has 1 aromatic carbocycles. The van der Waals surface area contributed by atoms with Crippen LogP contribution in [0.15, 0.2) is 29.2 Å². The van der Waals surface area contributed by atoms with E-state index in [1.807, 2.05) is 12.1 Å². The minimum absolute atomic E-state index is 0.0522. The molecule has 7 heteroatoms. The number of nitrogens with one attached hydrogen (secondary N) is 1. The Balaban J connectivity index is 2.71. The molecule has 1 aromatic rings. The van der Waals surface area contributed by atoms with Gasteiger partial charge >= 0.3 is 5.97 Å². The number of aliphatic carboxylic acids is 1. The maximum Gasteiger partial charge on any atom is 0.303 e. The summed E-state index contributed by atoms with van der Waals surface area (Å²) in [7, 11) is -3.56.